The Morgan fingerprint density at radius 3 is 3.33 bits per heavy atom. The number of thiophene rings is 1. The molecule has 0 aromatic carbocycles. The van der Waals surface area contributed by atoms with Crippen LogP contribution in [0.4, 0.5) is 0 Å². The molecule has 2 rings (SSSR count). The number of hydroxylamine groups is 1. The van der Waals surface area contributed by atoms with Crippen molar-refractivity contribution in [1.29, 1.82) is 0 Å². The molecule has 1 aliphatic heterocycles. The Labute approximate surface area is 110 Å². The molecule has 0 aliphatic carbocycles. The van der Waals surface area contributed by atoms with E-state index < -0.39 is 0 Å². The van der Waals surface area contributed by atoms with Crippen molar-refractivity contribution in [3.63, 3.8) is 0 Å². The third-order valence-corrected chi connectivity index (χ3v) is 3.75. The van der Waals surface area contributed by atoms with Crippen LogP contribution in [-0.2, 0) is 14.4 Å². The molecule has 2 heterocycles. The molecule has 1 aliphatic rings. The molecule has 98 valence electrons. The molecule has 0 saturated heterocycles. The van der Waals surface area contributed by atoms with Crippen molar-refractivity contribution in [2.75, 3.05) is 20.3 Å². The standard InChI is InChI=1S/C12H16N2O3S/c1-3-5-17-14-9-7-13-10(12(15)16-2)11-8(9)4-6-18-11/h3-4,6,9-10,13-14H,1,5,7H2,2H3. The third kappa shape index (κ3) is 2.62. The van der Waals surface area contributed by atoms with Crippen LogP contribution in [0.25, 0.3) is 0 Å². The number of carbonyl (C=O) groups excluding carboxylic acids is 1. The van der Waals surface area contributed by atoms with Crippen LogP contribution in [0.15, 0.2) is 24.1 Å². The molecule has 0 bridgehead atoms. The zero-order valence-corrected chi connectivity index (χ0v) is 11.0. The average Bonchev–Trinajstić information content (AvgIpc) is 2.87. The van der Waals surface area contributed by atoms with Crippen molar-refractivity contribution in [2.45, 2.75) is 12.1 Å². The van der Waals surface area contributed by atoms with Crippen molar-refractivity contribution in [2.24, 2.45) is 0 Å². The fraction of sp³-hybridized carbons (Fsp3) is 0.417. The molecule has 2 N–H and O–H groups in total. The summed E-state index contributed by atoms with van der Waals surface area (Å²) >= 11 is 1.54. The first-order chi connectivity index (χ1) is 8.77. The van der Waals surface area contributed by atoms with Gasteiger partial charge in [-0.2, -0.15) is 5.48 Å². The molecule has 0 spiro atoms. The first-order valence-corrected chi connectivity index (χ1v) is 6.52. The van der Waals surface area contributed by atoms with Crippen LogP contribution >= 0.6 is 11.3 Å². The summed E-state index contributed by atoms with van der Waals surface area (Å²) in [5.74, 6) is -0.260. The lowest BCUT2D eigenvalue weighted by Gasteiger charge is -2.28. The van der Waals surface area contributed by atoms with Gasteiger partial charge in [-0.15, -0.1) is 17.9 Å². The Morgan fingerprint density at radius 1 is 1.78 bits per heavy atom. The van der Waals surface area contributed by atoms with E-state index >= 15 is 0 Å². The van der Waals surface area contributed by atoms with Crippen LogP contribution in [0.5, 0.6) is 0 Å². The minimum absolute atomic E-state index is 0.0344. The predicted octanol–water partition coefficient (Wildman–Crippen LogP) is 1.31. The largest absolute Gasteiger partial charge is 0.468 e. The summed E-state index contributed by atoms with van der Waals surface area (Å²) in [5.41, 5.74) is 4.04. The Kier molecular flexibility index (Phi) is 4.48. The molecular weight excluding hydrogens is 252 g/mol. The summed E-state index contributed by atoms with van der Waals surface area (Å²) in [6.07, 6.45) is 1.68. The highest BCUT2D eigenvalue weighted by Crippen LogP contribution is 2.33. The SMILES string of the molecule is C=CCONC1CNC(C(=O)OC)c2sccc21. The molecular formula is C12H16N2O3S. The van der Waals surface area contributed by atoms with Crippen molar-refractivity contribution in [3.05, 3.63) is 34.5 Å². The fourth-order valence-corrected chi connectivity index (χ4v) is 2.94. The molecule has 1 aromatic heterocycles. The monoisotopic (exact) mass is 268 g/mol. The average molecular weight is 268 g/mol. The van der Waals surface area contributed by atoms with Crippen LogP contribution in [0.2, 0.25) is 0 Å². The van der Waals surface area contributed by atoms with Gasteiger partial charge in [-0.25, -0.2) is 4.79 Å². The Morgan fingerprint density at radius 2 is 2.61 bits per heavy atom. The Hall–Kier alpha value is -1.21. The second-order valence-corrected chi connectivity index (χ2v) is 4.82. The van der Waals surface area contributed by atoms with Crippen molar-refractivity contribution in [1.82, 2.24) is 10.8 Å². The summed E-state index contributed by atoms with van der Waals surface area (Å²) in [7, 11) is 1.40. The maximum Gasteiger partial charge on any atom is 0.328 e. The summed E-state index contributed by atoms with van der Waals surface area (Å²) in [4.78, 5) is 17.9. The number of hydrogen-bond acceptors (Lipinski definition) is 6. The van der Waals surface area contributed by atoms with E-state index in [4.69, 9.17) is 9.57 Å². The number of carbonyl (C=O) groups is 1. The van der Waals surface area contributed by atoms with Crippen molar-refractivity contribution in [3.8, 4) is 0 Å². The summed E-state index contributed by atoms with van der Waals surface area (Å²) in [6, 6.07) is 1.67. The number of nitrogens with one attached hydrogen (secondary N) is 2. The molecule has 18 heavy (non-hydrogen) atoms. The molecule has 0 fully saturated rings. The van der Waals surface area contributed by atoms with Gasteiger partial charge in [-0.1, -0.05) is 6.08 Å². The molecule has 6 heteroatoms. The van der Waals surface area contributed by atoms with Crippen molar-refractivity contribution >= 4 is 17.3 Å². The molecule has 2 atom stereocenters. The van der Waals surface area contributed by atoms with Gasteiger partial charge in [0.1, 0.15) is 6.04 Å². The second-order valence-electron chi connectivity index (χ2n) is 3.87. The minimum Gasteiger partial charge on any atom is -0.468 e. The Bertz CT molecular complexity index is 433. The van der Waals surface area contributed by atoms with Gasteiger partial charge in [-0.3, -0.25) is 10.2 Å². The number of rotatable bonds is 5. The number of fused-ring (bicyclic) bond motifs is 1. The van der Waals surface area contributed by atoms with E-state index in [9.17, 15) is 4.79 Å². The van der Waals surface area contributed by atoms with Crippen molar-refractivity contribution < 1.29 is 14.4 Å². The smallest absolute Gasteiger partial charge is 0.328 e. The normalized spacial score (nSPS) is 22.3. The van der Waals surface area contributed by atoms with Gasteiger partial charge in [0.05, 0.1) is 19.8 Å². The second kappa shape index (κ2) is 6.10. The lowest BCUT2D eigenvalue weighted by Crippen LogP contribution is -2.41. The number of ether oxygens (including phenoxy) is 1. The van der Waals surface area contributed by atoms with Crippen LogP contribution in [0, 0.1) is 0 Å². The number of methoxy groups -OCH3 is 1. The molecule has 2 unspecified atom stereocenters. The highest BCUT2D eigenvalue weighted by Gasteiger charge is 2.33. The van der Waals surface area contributed by atoms with E-state index in [1.807, 2.05) is 11.4 Å². The summed E-state index contributed by atoms with van der Waals surface area (Å²) in [6.45, 7) is 4.64. The molecule has 0 saturated carbocycles. The molecule has 0 radical (unpaired) electrons. The van der Waals surface area contributed by atoms with Crippen LogP contribution in [-0.4, -0.2) is 26.2 Å². The fourth-order valence-electron chi connectivity index (χ4n) is 1.91. The molecule has 1 aromatic rings. The Balaban J connectivity index is 2.11. The van der Waals surface area contributed by atoms with Gasteiger partial charge in [0.15, 0.2) is 0 Å². The van der Waals surface area contributed by atoms with Crippen LogP contribution in [0.3, 0.4) is 0 Å². The minimum atomic E-state index is -0.373. The first-order valence-electron chi connectivity index (χ1n) is 5.64. The van der Waals surface area contributed by atoms with E-state index in [0.29, 0.717) is 13.2 Å². The number of esters is 1. The van der Waals surface area contributed by atoms with Gasteiger partial charge in [-0.05, 0) is 17.0 Å². The lowest BCUT2D eigenvalue weighted by molar-refractivity contribution is -0.143. The zero-order chi connectivity index (χ0) is 13.0. The van der Waals surface area contributed by atoms with Gasteiger partial charge >= 0.3 is 5.97 Å². The van der Waals surface area contributed by atoms with E-state index in [1.54, 1.807) is 17.4 Å². The van der Waals surface area contributed by atoms with E-state index in [2.05, 4.69) is 17.4 Å². The lowest BCUT2D eigenvalue weighted by atomic mass is 10.00. The van der Waals surface area contributed by atoms with Crippen LogP contribution < -0.4 is 10.8 Å². The van der Waals surface area contributed by atoms with Gasteiger partial charge in [0, 0.05) is 11.4 Å². The van der Waals surface area contributed by atoms with E-state index in [1.165, 1.54) is 7.11 Å². The summed E-state index contributed by atoms with van der Waals surface area (Å²) < 4.78 is 4.79. The predicted molar refractivity (Wildman–Crippen MR) is 69.1 cm³/mol. The molecule has 5 nitrogen and oxygen atoms in total. The molecule has 0 amide bonds. The topological polar surface area (TPSA) is 59.6 Å². The van der Waals surface area contributed by atoms with E-state index in [0.717, 1.165) is 10.4 Å². The van der Waals surface area contributed by atoms with Gasteiger partial charge in [0.2, 0.25) is 0 Å². The number of hydrogen-bond donors (Lipinski definition) is 2. The first kappa shape index (κ1) is 13.2. The maximum atomic E-state index is 11.7. The van der Waals surface area contributed by atoms with Crippen LogP contribution in [0.1, 0.15) is 22.5 Å². The highest BCUT2D eigenvalue weighted by atomic mass is 32.1. The van der Waals surface area contributed by atoms with E-state index in [-0.39, 0.29) is 18.1 Å². The highest BCUT2D eigenvalue weighted by molar-refractivity contribution is 7.10. The maximum absolute atomic E-state index is 11.7. The third-order valence-electron chi connectivity index (χ3n) is 2.75. The van der Waals surface area contributed by atoms with Gasteiger partial charge < -0.3 is 4.74 Å². The zero-order valence-electron chi connectivity index (χ0n) is 10.1. The summed E-state index contributed by atoms with van der Waals surface area (Å²) in [5, 5.41) is 5.12. The van der Waals surface area contributed by atoms with Gasteiger partial charge in [0.25, 0.3) is 0 Å². The quantitative estimate of drug-likeness (QED) is 0.365.